The van der Waals surface area contributed by atoms with E-state index < -0.39 is 0 Å². The SMILES string of the molecule is CC1CN(C2(CN)CC3CCC2C3)CC(C)(C)O1. The number of hydrogen-bond donors (Lipinski definition) is 1. The minimum atomic E-state index is -0.0261. The van der Waals surface area contributed by atoms with Gasteiger partial charge >= 0.3 is 0 Å². The lowest BCUT2D eigenvalue weighted by atomic mass is 9.78. The molecule has 1 aliphatic heterocycles. The lowest BCUT2D eigenvalue weighted by molar-refractivity contribution is -0.159. The quantitative estimate of drug-likeness (QED) is 0.817. The van der Waals surface area contributed by atoms with Crippen LogP contribution in [0.1, 0.15) is 46.5 Å². The van der Waals surface area contributed by atoms with Crippen LogP contribution in [0.15, 0.2) is 0 Å². The van der Waals surface area contributed by atoms with Crippen molar-refractivity contribution in [3.63, 3.8) is 0 Å². The van der Waals surface area contributed by atoms with Gasteiger partial charge in [0, 0.05) is 25.2 Å². The maximum absolute atomic E-state index is 6.24. The summed E-state index contributed by atoms with van der Waals surface area (Å²) in [6.07, 6.45) is 5.92. The second-order valence-corrected chi connectivity index (χ2v) is 7.46. The molecule has 2 N–H and O–H groups in total. The van der Waals surface area contributed by atoms with Crippen LogP contribution in [-0.2, 0) is 4.74 Å². The third kappa shape index (κ3) is 1.91. The number of nitrogens with two attached hydrogens (primary N) is 1. The predicted molar refractivity (Wildman–Crippen MR) is 73.4 cm³/mol. The molecule has 4 atom stereocenters. The molecule has 0 spiro atoms. The Morgan fingerprint density at radius 2 is 2.11 bits per heavy atom. The van der Waals surface area contributed by atoms with Gasteiger partial charge in [0.05, 0.1) is 11.7 Å². The van der Waals surface area contributed by atoms with Crippen molar-refractivity contribution < 1.29 is 4.74 Å². The molecule has 1 saturated heterocycles. The van der Waals surface area contributed by atoms with Crippen molar-refractivity contribution in [3.8, 4) is 0 Å². The topological polar surface area (TPSA) is 38.5 Å². The second kappa shape index (κ2) is 4.19. The van der Waals surface area contributed by atoms with Gasteiger partial charge in [-0.2, -0.15) is 0 Å². The normalized spacial score (nSPS) is 47.7. The van der Waals surface area contributed by atoms with Gasteiger partial charge in [-0.1, -0.05) is 6.42 Å². The Bertz CT molecular complexity index is 330. The first-order valence-electron chi connectivity index (χ1n) is 7.58. The molecule has 18 heavy (non-hydrogen) atoms. The average Bonchev–Trinajstić information content (AvgIpc) is 2.86. The van der Waals surface area contributed by atoms with Crippen LogP contribution in [0.25, 0.3) is 0 Å². The summed E-state index contributed by atoms with van der Waals surface area (Å²) in [6, 6.07) is 0. The Balaban J connectivity index is 1.84. The molecule has 0 radical (unpaired) electrons. The standard InChI is InChI=1S/C15H28N2O/c1-11-8-17(10-14(2,3)18-11)15(9-16)7-12-4-5-13(15)6-12/h11-13H,4-10,16H2,1-3H3. The van der Waals surface area contributed by atoms with Crippen LogP contribution < -0.4 is 5.73 Å². The first kappa shape index (κ1) is 12.9. The van der Waals surface area contributed by atoms with Gasteiger partial charge in [-0.25, -0.2) is 0 Å². The highest BCUT2D eigenvalue weighted by molar-refractivity contribution is 5.09. The first-order chi connectivity index (χ1) is 8.45. The van der Waals surface area contributed by atoms with E-state index in [1.54, 1.807) is 0 Å². The number of hydrogen-bond acceptors (Lipinski definition) is 3. The Labute approximate surface area is 111 Å². The number of rotatable bonds is 2. The van der Waals surface area contributed by atoms with Gasteiger partial charge in [-0.3, -0.25) is 4.90 Å². The van der Waals surface area contributed by atoms with Crippen LogP contribution in [-0.4, -0.2) is 41.8 Å². The van der Waals surface area contributed by atoms with E-state index in [0.29, 0.717) is 6.10 Å². The minimum Gasteiger partial charge on any atom is -0.370 e. The van der Waals surface area contributed by atoms with Crippen LogP contribution in [0.5, 0.6) is 0 Å². The van der Waals surface area contributed by atoms with Crippen LogP contribution in [0, 0.1) is 11.8 Å². The predicted octanol–water partition coefficient (Wildman–Crippen LogP) is 2.00. The fourth-order valence-electron chi connectivity index (χ4n) is 4.97. The Morgan fingerprint density at radius 3 is 2.61 bits per heavy atom. The highest BCUT2D eigenvalue weighted by Gasteiger charge is 2.55. The van der Waals surface area contributed by atoms with Crippen LogP contribution in [0.2, 0.25) is 0 Å². The molecule has 4 unspecified atom stereocenters. The van der Waals surface area contributed by atoms with E-state index in [9.17, 15) is 0 Å². The fourth-order valence-corrected chi connectivity index (χ4v) is 4.97. The van der Waals surface area contributed by atoms with Crippen molar-refractivity contribution in [2.75, 3.05) is 19.6 Å². The molecule has 2 bridgehead atoms. The van der Waals surface area contributed by atoms with E-state index in [2.05, 4.69) is 25.7 Å². The molecular weight excluding hydrogens is 224 g/mol. The fraction of sp³-hybridized carbons (Fsp3) is 1.00. The summed E-state index contributed by atoms with van der Waals surface area (Å²) in [4.78, 5) is 2.69. The average molecular weight is 252 g/mol. The zero-order valence-electron chi connectivity index (χ0n) is 12.1. The summed E-state index contributed by atoms with van der Waals surface area (Å²) in [5, 5.41) is 0. The van der Waals surface area contributed by atoms with Gasteiger partial charge in [0.15, 0.2) is 0 Å². The molecule has 0 aromatic rings. The molecule has 3 aliphatic rings. The number of nitrogens with zero attached hydrogens (tertiary/aromatic N) is 1. The molecule has 3 nitrogen and oxygen atoms in total. The van der Waals surface area contributed by atoms with Gasteiger partial charge < -0.3 is 10.5 Å². The molecule has 1 heterocycles. The molecule has 104 valence electrons. The highest BCUT2D eigenvalue weighted by Crippen LogP contribution is 2.53. The van der Waals surface area contributed by atoms with Crippen LogP contribution in [0.3, 0.4) is 0 Å². The maximum atomic E-state index is 6.24. The van der Waals surface area contributed by atoms with E-state index in [-0.39, 0.29) is 11.1 Å². The number of morpholine rings is 1. The van der Waals surface area contributed by atoms with Crippen molar-refractivity contribution in [3.05, 3.63) is 0 Å². The lowest BCUT2D eigenvalue weighted by Crippen LogP contribution is -2.65. The lowest BCUT2D eigenvalue weighted by Gasteiger charge is -2.53. The van der Waals surface area contributed by atoms with Crippen molar-refractivity contribution >= 4 is 0 Å². The van der Waals surface area contributed by atoms with E-state index in [0.717, 1.165) is 31.5 Å². The van der Waals surface area contributed by atoms with Crippen molar-refractivity contribution in [2.24, 2.45) is 17.6 Å². The molecule has 2 saturated carbocycles. The molecule has 0 amide bonds. The molecule has 2 aliphatic carbocycles. The van der Waals surface area contributed by atoms with Crippen molar-refractivity contribution in [1.29, 1.82) is 0 Å². The third-order valence-corrected chi connectivity index (χ3v) is 5.50. The van der Waals surface area contributed by atoms with Gasteiger partial charge in [0.2, 0.25) is 0 Å². The molecule has 3 rings (SSSR count). The van der Waals surface area contributed by atoms with Gasteiger partial charge in [-0.05, 0) is 51.9 Å². The summed E-state index contributed by atoms with van der Waals surface area (Å²) in [5.74, 6) is 1.79. The zero-order chi connectivity index (χ0) is 13.0. The number of ether oxygens (including phenoxy) is 1. The highest BCUT2D eigenvalue weighted by atomic mass is 16.5. The Morgan fingerprint density at radius 1 is 1.33 bits per heavy atom. The maximum Gasteiger partial charge on any atom is 0.0757 e. The van der Waals surface area contributed by atoms with Gasteiger partial charge in [-0.15, -0.1) is 0 Å². The van der Waals surface area contributed by atoms with Crippen molar-refractivity contribution in [2.45, 2.75) is 63.7 Å². The second-order valence-electron chi connectivity index (χ2n) is 7.46. The summed E-state index contributed by atoms with van der Waals surface area (Å²) in [5.41, 5.74) is 6.50. The summed E-state index contributed by atoms with van der Waals surface area (Å²) < 4.78 is 6.05. The van der Waals surface area contributed by atoms with Gasteiger partial charge in [0.1, 0.15) is 0 Å². The molecule has 0 aromatic heterocycles. The van der Waals surface area contributed by atoms with E-state index in [1.807, 2.05) is 0 Å². The van der Waals surface area contributed by atoms with Crippen LogP contribution in [0.4, 0.5) is 0 Å². The molecule has 3 fully saturated rings. The minimum absolute atomic E-state index is 0.0261. The van der Waals surface area contributed by atoms with Crippen LogP contribution >= 0.6 is 0 Å². The molecular formula is C15H28N2O. The molecule has 0 aromatic carbocycles. The number of fused-ring (bicyclic) bond motifs is 2. The first-order valence-corrected chi connectivity index (χ1v) is 7.58. The monoisotopic (exact) mass is 252 g/mol. The summed E-state index contributed by atoms with van der Waals surface area (Å²) >= 11 is 0. The summed E-state index contributed by atoms with van der Waals surface area (Å²) in [6.45, 7) is 9.56. The van der Waals surface area contributed by atoms with E-state index in [1.165, 1.54) is 25.7 Å². The summed E-state index contributed by atoms with van der Waals surface area (Å²) in [7, 11) is 0. The van der Waals surface area contributed by atoms with E-state index >= 15 is 0 Å². The third-order valence-electron chi connectivity index (χ3n) is 5.50. The van der Waals surface area contributed by atoms with Crippen molar-refractivity contribution in [1.82, 2.24) is 4.90 Å². The van der Waals surface area contributed by atoms with E-state index in [4.69, 9.17) is 10.5 Å². The Kier molecular flexibility index (Phi) is 3.00. The van der Waals surface area contributed by atoms with Gasteiger partial charge in [0.25, 0.3) is 0 Å². The molecule has 3 heteroatoms. The largest absolute Gasteiger partial charge is 0.370 e. The zero-order valence-corrected chi connectivity index (χ0v) is 12.1. The Hall–Kier alpha value is -0.120. The smallest absolute Gasteiger partial charge is 0.0757 e.